The second-order valence-corrected chi connectivity index (χ2v) is 10.7. The van der Waals surface area contributed by atoms with Crippen molar-refractivity contribution < 1.29 is 13.2 Å². The van der Waals surface area contributed by atoms with Crippen molar-refractivity contribution in [1.29, 1.82) is 0 Å². The van der Waals surface area contributed by atoms with Crippen LogP contribution in [0.4, 0.5) is 10.8 Å². The summed E-state index contributed by atoms with van der Waals surface area (Å²) in [5.74, 6) is -0.204. The fraction of sp³-hybridized carbons (Fsp3) is 0.412. The molecule has 1 aliphatic rings. The minimum atomic E-state index is -3.36. The number of hydrogen-bond donors (Lipinski definition) is 2. The number of hydrogen-bond acceptors (Lipinski definition) is 5. The molecule has 140 valence electrons. The largest absolute Gasteiger partial charge is 0.325 e. The number of anilines is 2. The van der Waals surface area contributed by atoms with Crippen molar-refractivity contribution >= 4 is 54.0 Å². The number of thiazole rings is 1. The van der Waals surface area contributed by atoms with Gasteiger partial charge in [-0.3, -0.25) is 9.52 Å². The number of carbonyl (C=O) groups is 1. The van der Waals surface area contributed by atoms with Crippen LogP contribution in [-0.4, -0.2) is 24.6 Å². The Kier molecular flexibility index (Phi) is 5.15. The summed E-state index contributed by atoms with van der Waals surface area (Å²) in [6.07, 6.45) is 1.38. The normalized spacial score (nSPS) is 14.9. The lowest BCUT2D eigenvalue weighted by atomic mass is 9.89. The van der Waals surface area contributed by atoms with E-state index in [1.54, 1.807) is 19.2 Å². The Bertz CT molecular complexity index is 950. The topological polar surface area (TPSA) is 88.2 Å². The summed E-state index contributed by atoms with van der Waals surface area (Å²) in [4.78, 5) is 17.1. The van der Waals surface area contributed by atoms with Gasteiger partial charge < -0.3 is 5.32 Å². The van der Waals surface area contributed by atoms with Crippen molar-refractivity contribution in [3.63, 3.8) is 0 Å². The van der Waals surface area contributed by atoms with Crippen LogP contribution in [0.25, 0.3) is 0 Å². The maximum absolute atomic E-state index is 12.8. The molecule has 2 aromatic rings. The average Bonchev–Trinajstić information content (AvgIpc) is 3.31. The number of carbonyl (C=O) groups excluding carboxylic acids is 1. The minimum Gasteiger partial charge on any atom is -0.325 e. The zero-order valence-electron chi connectivity index (χ0n) is 14.7. The Labute approximate surface area is 165 Å². The first-order valence-corrected chi connectivity index (χ1v) is 11.4. The third kappa shape index (κ3) is 4.10. The second kappa shape index (κ2) is 6.94. The molecule has 26 heavy (non-hydrogen) atoms. The zero-order chi connectivity index (χ0) is 19.1. The highest BCUT2D eigenvalue weighted by atomic mass is 79.9. The minimum absolute atomic E-state index is 0.204. The summed E-state index contributed by atoms with van der Waals surface area (Å²) in [7, 11) is -3.36. The van der Waals surface area contributed by atoms with Crippen molar-refractivity contribution in [3.8, 4) is 0 Å². The van der Waals surface area contributed by atoms with Gasteiger partial charge in [-0.2, -0.15) is 0 Å². The van der Waals surface area contributed by atoms with Crippen molar-refractivity contribution in [2.24, 2.45) is 0 Å². The molecule has 1 aliphatic carbocycles. The van der Waals surface area contributed by atoms with E-state index in [2.05, 4.69) is 31.0 Å². The van der Waals surface area contributed by atoms with Crippen molar-refractivity contribution in [2.45, 2.75) is 44.3 Å². The molecule has 1 amide bonds. The first-order valence-electron chi connectivity index (χ1n) is 8.15. The molecule has 1 fully saturated rings. The van der Waals surface area contributed by atoms with E-state index in [1.807, 2.05) is 25.1 Å². The molecule has 0 spiro atoms. The molecular formula is C17H20BrN3O3S2. The van der Waals surface area contributed by atoms with Crippen LogP contribution in [-0.2, 0) is 20.2 Å². The van der Waals surface area contributed by atoms with Crippen LogP contribution in [0.3, 0.4) is 0 Å². The Hall–Kier alpha value is -1.45. The lowest BCUT2D eigenvalue weighted by Gasteiger charge is -2.22. The lowest BCUT2D eigenvalue weighted by Crippen LogP contribution is -2.35. The maximum Gasteiger partial charge on any atom is 0.237 e. The van der Waals surface area contributed by atoms with Crippen LogP contribution in [0, 0.1) is 6.92 Å². The molecule has 0 atom stereocenters. The van der Waals surface area contributed by atoms with E-state index >= 15 is 0 Å². The Morgan fingerprint density at radius 1 is 1.35 bits per heavy atom. The van der Waals surface area contributed by atoms with Gasteiger partial charge in [0.05, 0.1) is 16.4 Å². The highest BCUT2D eigenvalue weighted by Crippen LogP contribution is 2.33. The van der Waals surface area contributed by atoms with Gasteiger partial charge in [0, 0.05) is 15.5 Å². The molecule has 1 heterocycles. The van der Waals surface area contributed by atoms with Crippen LogP contribution < -0.4 is 10.0 Å². The van der Waals surface area contributed by atoms with Crippen molar-refractivity contribution in [2.75, 3.05) is 10.0 Å². The van der Waals surface area contributed by atoms with E-state index in [9.17, 15) is 13.2 Å². The van der Waals surface area contributed by atoms with E-state index in [1.165, 1.54) is 11.3 Å². The second-order valence-electron chi connectivity index (χ2n) is 6.92. The Morgan fingerprint density at radius 2 is 2.04 bits per heavy atom. The van der Waals surface area contributed by atoms with Crippen LogP contribution in [0.5, 0.6) is 0 Å². The predicted octanol–water partition coefficient (Wildman–Crippen LogP) is 4.03. The molecule has 0 saturated heterocycles. The quantitative estimate of drug-likeness (QED) is 0.684. The van der Waals surface area contributed by atoms with Crippen LogP contribution >= 0.6 is 27.3 Å². The molecule has 1 saturated carbocycles. The predicted molar refractivity (Wildman–Crippen MR) is 108 cm³/mol. The van der Waals surface area contributed by atoms with Gasteiger partial charge in [0.2, 0.25) is 15.9 Å². The van der Waals surface area contributed by atoms with E-state index in [0.29, 0.717) is 23.7 Å². The number of benzene rings is 1. The first kappa shape index (κ1) is 19.3. The monoisotopic (exact) mass is 457 g/mol. The molecule has 9 heteroatoms. The fourth-order valence-corrected chi connectivity index (χ4v) is 5.30. The number of amides is 1. The highest BCUT2D eigenvalue weighted by Gasteiger charge is 2.37. The van der Waals surface area contributed by atoms with Crippen LogP contribution in [0.1, 0.15) is 37.9 Å². The van der Waals surface area contributed by atoms with Gasteiger partial charge in [0.1, 0.15) is 0 Å². The standard InChI is InChI=1S/C17H20BrN3O3S2/c1-10-8-11(18)4-7-13(10)19-15(22)17(2,3)14-9-25-16(20-14)21-26(23,24)12-5-6-12/h4,7-9,12H,5-6H2,1-3H3,(H,19,22)(H,20,21). The number of rotatable bonds is 6. The van der Waals surface area contributed by atoms with Gasteiger partial charge in [-0.05, 0) is 57.4 Å². The molecule has 1 aromatic carbocycles. The van der Waals surface area contributed by atoms with Crippen LogP contribution in [0.2, 0.25) is 0 Å². The first-order chi connectivity index (χ1) is 12.1. The molecule has 1 aromatic heterocycles. The van der Waals surface area contributed by atoms with Gasteiger partial charge in [-0.1, -0.05) is 15.9 Å². The Morgan fingerprint density at radius 3 is 2.65 bits per heavy atom. The molecule has 2 N–H and O–H groups in total. The van der Waals surface area contributed by atoms with Gasteiger partial charge in [-0.15, -0.1) is 11.3 Å². The summed E-state index contributed by atoms with van der Waals surface area (Å²) in [6, 6.07) is 5.63. The van der Waals surface area contributed by atoms with Gasteiger partial charge in [0.25, 0.3) is 0 Å². The molecular weight excluding hydrogens is 438 g/mol. The summed E-state index contributed by atoms with van der Waals surface area (Å²) in [5, 5.41) is 4.63. The van der Waals surface area contributed by atoms with Crippen LogP contribution in [0.15, 0.2) is 28.1 Å². The number of sulfonamides is 1. The summed E-state index contributed by atoms with van der Waals surface area (Å²) in [6.45, 7) is 5.45. The number of nitrogens with one attached hydrogen (secondary N) is 2. The lowest BCUT2D eigenvalue weighted by molar-refractivity contribution is -0.120. The summed E-state index contributed by atoms with van der Waals surface area (Å²) < 4.78 is 27.5. The summed E-state index contributed by atoms with van der Waals surface area (Å²) in [5.41, 5.74) is 1.30. The number of aryl methyl sites for hydroxylation is 1. The third-order valence-corrected chi connectivity index (χ3v) is 7.55. The Balaban J connectivity index is 1.75. The van der Waals surface area contributed by atoms with E-state index in [0.717, 1.165) is 15.7 Å². The third-order valence-electron chi connectivity index (χ3n) is 4.34. The molecule has 0 bridgehead atoms. The van der Waals surface area contributed by atoms with E-state index in [-0.39, 0.29) is 11.2 Å². The van der Waals surface area contributed by atoms with E-state index in [4.69, 9.17) is 0 Å². The molecule has 0 aliphatic heterocycles. The van der Waals surface area contributed by atoms with Gasteiger partial charge in [0.15, 0.2) is 5.13 Å². The zero-order valence-corrected chi connectivity index (χ0v) is 17.9. The van der Waals surface area contributed by atoms with Gasteiger partial charge >= 0.3 is 0 Å². The SMILES string of the molecule is Cc1cc(Br)ccc1NC(=O)C(C)(C)c1csc(NS(=O)(=O)C2CC2)n1. The highest BCUT2D eigenvalue weighted by molar-refractivity contribution is 9.10. The van der Waals surface area contributed by atoms with E-state index < -0.39 is 15.4 Å². The molecule has 6 nitrogen and oxygen atoms in total. The molecule has 3 rings (SSSR count). The van der Waals surface area contributed by atoms with Gasteiger partial charge in [-0.25, -0.2) is 13.4 Å². The molecule has 0 unspecified atom stereocenters. The average molecular weight is 458 g/mol. The maximum atomic E-state index is 12.8. The number of halogens is 1. The number of nitrogens with zero attached hydrogens (tertiary/aromatic N) is 1. The van der Waals surface area contributed by atoms with Crippen molar-refractivity contribution in [3.05, 3.63) is 39.3 Å². The van der Waals surface area contributed by atoms with Crippen molar-refractivity contribution in [1.82, 2.24) is 4.98 Å². The smallest absolute Gasteiger partial charge is 0.237 e. The number of aromatic nitrogens is 1. The molecule has 0 radical (unpaired) electrons. The summed E-state index contributed by atoms with van der Waals surface area (Å²) >= 11 is 4.59. The fourth-order valence-electron chi connectivity index (χ4n) is 2.35.